The fraction of sp³-hybridized carbons (Fsp3) is 1.00. The lowest BCUT2D eigenvalue weighted by molar-refractivity contribution is 0.397. The highest BCUT2D eigenvalue weighted by Crippen LogP contribution is 2.69. The summed E-state index contributed by atoms with van der Waals surface area (Å²) < 4.78 is 0. The molecule has 1 N–H and O–H groups in total. The molecule has 2 atom stereocenters. The number of nitrogens with one attached hydrogen (secondary N) is 1. The minimum Gasteiger partial charge on any atom is -0.316 e. The molecule has 2 aliphatic rings. The Labute approximate surface area is 56.8 Å². The van der Waals surface area contributed by atoms with Crippen molar-refractivity contribution in [2.75, 3.05) is 13.1 Å². The van der Waals surface area contributed by atoms with Gasteiger partial charge in [0.25, 0.3) is 0 Å². The van der Waals surface area contributed by atoms with Crippen LogP contribution in [0.4, 0.5) is 0 Å². The third-order valence-electron chi connectivity index (χ3n) is 3.87. The summed E-state index contributed by atoms with van der Waals surface area (Å²) in [7, 11) is 0. The molecule has 2 rings (SSSR count). The molecule has 2 unspecified atom stereocenters. The molecule has 2 fully saturated rings. The van der Waals surface area contributed by atoms with Gasteiger partial charge in [-0.1, -0.05) is 20.8 Å². The molecular formula is C8H15N. The second kappa shape index (κ2) is 1.20. The van der Waals surface area contributed by atoms with E-state index in [2.05, 4.69) is 26.1 Å². The first-order valence-corrected chi connectivity index (χ1v) is 3.80. The van der Waals surface area contributed by atoms with Crippen molar-refractivity contribution in [3.05, 3.63) is 0 Å². The Balaban J connectivity index is 2.26. The normalized spacial score (nSPS) is 53.0. The van der Waals surface area contributed by atoms with E-state index >= 15 is 0 Å². The van der Waals surface area contributed by atoms with Gasteiger partial charge in [0.15, 0.2) is 0 Å². The minimum absolute atomic E-state index is 0.637. The van der Waals surface area contributed by atoms with Gasteiger partial charge in [-0.2, -0.15) is 0 Å². The Kier molecular flexibility index (Phi) is 0.760. The standard InChI is InChI=1S/C8H15N/c1-7(2)6-4-9-5-8(6,7)3/h6,9H,4-5H2,1-3H3. The zero-order valence-electron chi connectivity index (χ0n) is 6.49. The molecular weight excluding hydrogens is 110 g/mol. The maximum Gasteiger partial charge on any atom is 0.00139 e. The summed E-state index contributed by atoms with van der Waals surface area (Å²) in [5.41, 5.74) is 1.28. The van der Waals surface area contributed by atoms with E-state index in [9.17, 15) is 0 Å². The van der Waals surface area contributed by atoms with Crippen LogP contribution in [-0.2, 0) is 0 Å². The van der Waals surface area contributed by atoms with Gasteiger partial charge in [0, 0.05) is 6.54 Å². The molecule has 0 amide bonds. The van der Waals surface area contributed by atoms with E-state index in [1.165, 1.54) is 13.1 Å². The molecule has 0 radical (unpaired) electrons. The maximum atomic E-state index is 3.42. The Bertz CT molecular complexity index is 151. The Morgan fingerprint density at radius 3 is 2.22 bits per heavy atom. The molecule has 1 saturated heterocycles. The highest BCUT2D eigenvalue weighted by Gasteiger charge is 2.69. The zero-order valence-corrected chi connectivity index (χ0v) is 6.49. The fourth-order valence-electron chi connectivity index (χ4n) is 2.51. The zero-order chi connectivity index (χ0) is 6.70. The third kappa shape index (κ3) is 0.420. The molecule has 1 aliphatic carbocycles. The van der Waals surface area contributed by atoms with Gasteiger partial charge in [-0.25, -0.2) is 0 Å². The summed E-state index contributed by atoms with van der Waals surface area (Å²) in [5, 5.41) is 3.42. The number of hydrogen-bond acceptors (Lipinski definition) is 1. The molecule has 0 aromatic heterocycles. The minimum atomic E-state index is 0.637. The van der Waals surface area contributed by atoms with Crippen molar-refractivity contribution in [2.24, 2.45) is 16.7 Å². The van der Waals surface area contributed by atoms with Crippen LogP contribution in [0.25, 0.3) is 0 Å². The van der Waals surface area contributed by atoms with Crippen LogP contribution >= 0.6 is 0 Å². The van der Waals surface area contributed by atoms with Crippen LogP contribution in [0.3, 0.4) is 0 Å². The molecule has 52 valence electrons. The van der Waals surface area contributed by atoms with Gasteiger partial charge >= 0.3 is 0 Å². The topological polar surface area (TPSA) is 12.0 Å². The maximum absolute atomic E-state index is 3.42. The summed E-state index contributed by atoms with van der Waals surface area (Å²) in [5.74, 6) is 0.963. The highest BCUT2D eigenvalue weighted by atomic mass is 15.0. The van der Waals surface area contributed by atoms with Gasteiger partial charge in [-0.15, -0.1) is 0 Å². The van der Waals surface area contributed by atoms with E-state index in [1.807, 2.05) is 0 Å². The monoisotopic (exact) mass is 125 g/mol. The van der Waals surface area contributed by atoms with Gasteiger partial charge < -0.3 is 5.32 Å². The van der Waals surface area contributed by atoms with Crippen molar-refractivity contribution in [3.8, 4) is 0 Å². The van der Waals surface area contributed by atoms with Crippen molar-refractivity contribution in [1.29, 1.82) is 0 Å². The lowest BCUT2D eigenvalue weighted by Crippen LogP contribution is -2.22. The molecule has 1 nitrogen and oxygen atoms in total. The molecule has 0 aromatic rings. The summed E-state index contributed by atoms with van der Waals surface area (Å²) in [6.07, 6.45) is 0. The second-order valence-electron chi connectivity index (χ2n) is 4.32. The first-order chi connectivity index (χ1) is 4.09. The van der Waals surface area contributed by atoms with E-state index in [0.29, 0.717) is 10.8 Å². The van der Waals surface area contributed by atoms with Gasteiger partial charge in [-0.3, -0.25) is 0 Å². The van der Waals surface area contributed by atoms with Crippen molar-refractivity contribution < 1.29 is 0 Å². The Hall–Kier alpha value is -0.0400. The van der Waals surface area contributed by atoms with E-state index in [1.54, 1.807) is 0 Å². The van der Waals surface area contributed by atoms with Crippen molar-refractivity contribution in [1.82, 2.24) is 5.32 Å². The summed E-state index contributed by atoms with van der Waals surface area (Å²) in [6.45, 7) is 9.67. The van der Waals surface area contributed by atoms with Gasteiger partial charge in [-0.05, 0) is 23.3 Å². The molecule has 9 heavy (non-hydrogen) atoms. The number of piperidine rings is 1. The first kappa shape index (κ1) is 5.72. The average molecular weight is 125 g/mol. The molecule has 1 aliphatic heterocycles. The van der Waals surface area contributed by atoms with E-state index in [0.717, 1.165) is 5.92 Å². The number of fused-ring (bicyclic) bond motifs is 1. The van der Waals surface area contributed by atoms with Crippen molar-refractivity contribution in [2.45, 2.75) is 20.8 Å². The van der Waals surface area contributed by atoms with Crippen LogP contribution < -0.4 is 5.32 Å². The van der Waals surface area contributed by atoms with Gasteiger partial charge in [0.1, 0.15) is 0 Å². The molecule has 1 heterocycles. The lowest BCUT2D eigenvalue weighted by atomic mass is 9.98. The SMILES string of the molecule is CC1(C)C2CNCC21C. The molecule has 1 saturated carbocycles. The van der Waals surface area contributed by atoms with E-state index in [-0.39, 0.29) is 0 Å². The average Bonchev–Trinajstić information content (AvgIpc) is 2.21. The number of rotatable bonds is 0. The van der Waals surface area contributed by atoms with Crippen LogP contribution in [0.5, 0.6) is 0 Å². The van der Waals surface area contributed by atoms with Crippen molar-refractivity contribution in [3.63, 3.8) is 0 Å². The molecule has 1 heteroatoms. The lowest BCUT2D eigenvalue weighted by Gasteiger charge is -2.13. The molecule has 0 aromatic carbocycles. The van der Waals surface area contributed by atoms with Crippen LogP contribution in [-0.4, -0.2) is 13.1 Å². The number of hydrogen-bond donors (Lipinski definition) is 1. The Morgan fingerprint density at radius 1 is 1.33 bits per heavy atom. The van der Waals surface area contributed by atoms with Crippen LogP contribution in [0.1, 0.15) is 20.8 Å². The highest BCUT2D eigenvalue weighted by molar-refractivity contribution is 5.19. The largest absolute Gasteiger partial charge is 0.316 e. The summed E-state index contributed by atoms with van der Waals surface area (Å²) in [6, 6.07) is 0. The molecule has 0 spiro atoms. The Morgan fingerprint density at radius 2 is 2.00 bits per heavy atom. The molecule has 0 bridgehead atoms. The first-order valence-electron chi connectivity index (χ1n) is 3.80. The third-order valence-corrected chi connectivity index (χ3v) is 3.87. The van der Waals surface area contributed by atoms with Gasteiger partial charge in [0.2, 0.25) is 0 Å². The van der Waals surface area contributed by atoms with Crippen LogP contribution in [0.15, 0.2) is 0 Å². The summed E-state index contributed by atoms with van der Waals surface area (Å²) >= 11 is 0. The second-order valence-corrected chi connectivity index (χ2v) is 4.32. The van der Waals surface area contributed by atoms with Crippen LogP contribution in [0, 0.1) is 16.7 Å². The van der Waals surface area contributed by atoms with E-state index in [4.69, 9.17) is 0 Å². The smallest absolute Gasteiger partial charge is 0.00139 e. The quantitative estimate of drug-likeness (QED) is 0.514. The van der Waals surface area contributed by atoms with Gasteiger partial charge in [0.05, 0.1) is 0 Å². The predicted molar refractivity (Wildman–Crippen MR) is 38.2 cm³/mol. The summed E-state index contributed by atoms with van der Waals surface area (Å²) in [4.78, 5) is 0. The van der Waals surface area contributed by atoms with E-state index < -0.39 is 0 Å². The predicted octanol–water partition coefficient (Wildman–Crippen LogP) is 1.25. The fourth-order valence-corrected chi connectivity index (χ4v) is 2.51. The van der Waals surface area contributed by atoms with Crippen molar-refractivity contribution >= 4 is 0 Å². The van der Waals surface area contributed by atoms with Crippen LogP contribution in [0.2, 0.25) is 0 Å².